The summed E-state index contributed by atoms with van der Waals surface area (Å²) in [5, 5.41) is 5.54. The quantitative estimate of drug-likeness (QED) is 0.857. The number of hydrogen-bond donors (Lipinski definition) is 2. The molecule has 122 valence electrons. The first-order valence-corrected chi connectivity index (χ1v) is 7.22. The molecule has 0 aliphatic heterocycles. The van der Waals surface area contributed by atoms with Gasteiger partial charge in [0.2, 0.25) is 5.91 Å². The van der Waals surface area contributed by atoms with Crippen LogP contribution in [0.4, 0.5) is 25.8 Å². The summed E-state index contributed by atoms with van der Waals surface area (Å²) >= 11 is 0. The van der Waals surface area contributed by atoms with Crippen molar-refractivity contribution in [2.45, 2.75) is 6.42 Å². The summed E-state index contributed by atoms with van der Waals surface area (Å²) in [5.74, 6) is -1.80. The molecular formula is C17H19F2N3O. The highest BCUT2D eigenvalue weighted by atomic mass is 19.1. The Balaban J connectivity index is 1.80. The third-order valence-electron chi connectivity index (χ3n) is 3.27. The zero-order valence-corrected chi connectivity index (χ0v) is 13.1. The molecule has 0 saturated carbocycles. The molecule has 0 aliphatic rings. The van der Waals surface area contributed by atoms with E-state index >= 15 is 0 Å². The van der Waals surface area contributed by atoms with Crippen LogP contribution in [0.1, 0.15) is 6.42 Å². The standard InChI is InChI=1S/C17H19F2N3O/c1-22(2)14-6-4-13(5-7-14)20-10-9-17(23)21-16-8-3-12(18)11-15(16)19/h3-8,11,20H,9-10H2,1-2H3,(H,21,23). The van der Waals surface area contributed by atoms with Crippen molar-refractivity contribution in [2.75, 3.05) is 36.2 Å². The Morgan fingerprint density at radius 2 is 1.78 bits per heavy atom. The molecular weight excluding hydrogens is 300 g/mol. The molecule has 1 amide bonds. The zero-order chi connectivity index (χ0) is 16.8. The van der Waals surface area contributed by atoms with Crippen molar-refractivity contribution in [1.29, 1.82) is 0 Å². The van der Waals surface area contributed by atoms with E-state index in [2.05, 4.69) is 10.6 Å². The van der Waals surface area contributed by atoms with Crippen molar-refractivity contribution < 1.29 is 13.6 Å². The highest BCUT2D eigenvalue weighted by Gasteiger charge is 2.07. The van der Waals surface area contributed by atoms with Gasteiger partial charge in [-0.3, -0.25) is 4.79 Å². The molecule has 2 N–H and O–H groups in total. The first-order chi connectivity index (χ1) is 11.0. The van der Waals surface area contributed by atoms with Gasteiger partial charge in [-0.25, -0.2) is 8.78 Å². The van der Waals surface area contributed by atoms with E-state index in [9.17, 15) is 13.6 Å². The van der Waals surface area contributed by atoms with E-state index in [4.69, 9.17) is 0 Å². The maximum absolute atomic E-state index is 13.4. The number of benzene rings is 2. The van der Waals surface area contributed by atoms with Crippen LogP contribution in [-0.4, -0.2) is 26.5 Å². The van der Waals surface area contributed by atoms with E-state index in [1.165, 1.54) is 6.07 Å². The van der Waals surface area contributed by atoms with Crippen molar-refractivity contribution in [3.05, 3.63) is 54.1 Å². The number of hydrogen-bond acceptors (Lipinski definition) is 3. The lowest BCUT2D eigenvalue weighted by Gasteiger charge is -2.13. The second-order valence-corrected chi connectivity index (χ2v) is 5.29. The van der Waals surface area contributed by atoms with E-state index in [1.807, 2.05) is 43.3 Å². The first-order valence-electron chi connectivity index (χ1n) is 7.22. The highest BCUT2D eigenvalue weighted by Crippen LogP contribution is 2.16. The van der Waals surface area contributed by atoms with Gasteiger partial charge in [-0.05, 0) is 36.4 Å². The summed E-state index contributed by atoms with van der Waals surface area (Å²) in [6.45, 7) is 0.413. The number of amides is 1. The smallest absolute Gasteiger partial charge is 0.226 e. The molecule has 23 heavy (non-hydrogen) atoms. The molecule has 4 nitrogen and oxygen atoms in total. The zero-order valence-electron chi connectivity index (χ0n) is 13.1. The number of carbonyl (C=O) groups excluding carboxylic acids is 1. The first kappa shape index (κ1) is 16.7. The van der Waals surface area contributed by atoms with Crippen molar-refractivity contribution >= 4 is 23.0 Å². The number of anilines is 3. The van der Waals surface area contributed by atoms with Gasteiger partial charge >= 0.3 is 0 Å². The predicted molar refractivity (Wildman–Crippen MR) is 88.9 cm³/mol. The van der Waals surface area contributed by atoms with Crippen LogP contribution in [-0.2, 0) is 4.79 Å². The van der Waals surface area contributed by atoms with Gasteiger partial charge in [0, 0.05) is 44.5 Å². The third-order valence-corrected chi connectivity index (χ3v) is 3.27. The maximum Gasteiger partial charge on any atom is 0.226 e. The number of nitrogens with zero attached hydrogens (tertiary/aromatic N) is 1. The minimum absolute atomic E-state index is 0.0215. The van der Waals surface area contributed by atoms with Gasteiger partial charge in [0.15, 0.2) is 0 Å². The Hall–Kier alpha value is -2.63. The Morgan fingerprint density at radius 1 is 1.09 bits per heavy atom. The fraction of sp³-hybridized carbons (Fsp3) is 0.235. The molecule has 2 rings (SSSR count). The van der Waals surface area contributed by atoms with E-state index in [-0.39, 0.29) is 18.0 Å². The predicted octanol–water partition coefficient (Wildman–Crippen LogP) is 3.47. The van der Waals surface area contributed by atoms with E-state index in [0.29, 0.717) is 6.54 Å². The average Bonchev–Trinajstić information content (AvgIpc) is 2.50. The maximum atomic E-state index is 13.4. The third kappa shape index (κ3) is 4.95. The molecule has 0 aromatic heterocycles. The van der Waals surface area contributed by atoms with Gasteiger partial charge in [-0.15, -0.1) is 0 Å². The number of rotatable bonds is 6. The number of carbonyl (C=O) groups is 1. The molecule has 0 heterocycles. The molecule has 0 bridgehead atoms. The van der Waals surface area contributed by atoms with Gasteiger partial charge in [0.25, 0.3) is 0 Å². The molecule has 2 aromatic carbocycles. The summed E-state index contributed by atoms with van der Waals surface area (Å²) in [5.41, 5.74) is 1.96. The van der Waals surface area contributed by atoms with Crippen LogP contribution in [0.15, 0.2) is 42.5 Å². The average molecular weight is 319 g/mol. The summed E-state index contributed by atoms with van der Waals surface area (Å²) < 4.78 is 26.2. The minimum Gasteiger partial charge on any atom is -0.385 e. The topological polar surface area (TPSA) is 44.4 Å². The molecule has 2 aromatic rings. The molecule has 0 atom stereocenters. The van der Waals surface area contributed by atoms with Crippen LogP contribution in [0.5, 0.6) is 0 Å². The lowest BCUT2D eigenvalue weighted by molar-refractivity contribution is -0.116. The highest BCUT2D eigenvalue weighted by molar-refractivity contribution is 5.91. The fourth-order valence-corrected chi connectivity index (χ4v) is 2.00. The lowest BCUT2D eigenvalue weighted by atomic mass is 10.2. The SMILES string of the molecule is CN(C)c1ccc(NCCC(=O)Nc2ccc(F)cc2F)cc1. The second kappa shape index (κ2) is 7.58. The summed E-state index contributed by atoms with van der Waals surface area (Å²) in [6.07, 6.45) is 0.173. The molecule has 0 aliphatic carbocycles. The molecule has 6 heteroatoms. The van der Waals surface area contributed by atoms with Crippen molar-refractivity contribution in [2.24, 2.45) is 0 Å². The van der Waals surface area contributed by atoms with Crippen molar-refractivity contribution in [1.82, 2.24) is 0 Å². The normalized spacial score (nSPS) is 10.3. The van der Waals surface area contributed by atoms with Crippen LogP contribution in [0.25, 0.3) is 0 Å². The molecule has 0 saturated heterocycles. The number of halogens is 2. The fourth-order valence-electron chi connectivity index (χ4n) is 2.00. The molecule has 0 spiro atoms. The summed E-state index contributed by atoms with van der Waals surface area (Å²) in [6, 6.07) is 10.8. The van der Waals surface area contributed by atoms with Crippen LogP contribution < -0.4 is 15.5 Å². The monoisotopic (exact) mass is 319 g/mol. The Bertz CT molecular complexity index is 672. The lowest BCUT2D eigenvalue weighted by Crippen LogP contribution is -2.17. The largest absolute Gasteiger partial charge is 0.385 e. The summed E-state index contributed by atoms with van der Waals surface area (Å²) in [4.78, 5) is 13.8. The van der Waals surface area contributed by atoms with Crippen LogP contribution in [0.2, 0.25) is 0 Å². The molecule has 0 fully saturated rings. The van der Waals surface area contributed by atoms with Gasteiger partial charge in [0.05, 0.1) is 5.69 Å². The van der Waals surface area contributed by atoms with Gasteiger partial charge in [-0.2, -0.15) is 0 Å². The summed E-state index contributed by atoms with van der Waals surface area (Å²) in [7, 11) is 3.92. The van der Waals surface area contributed by atoms with Crippen LogP contribution >= 0.6 is 0 Å². The van der Waals surface area contributed by atoms with Crippen LogP contribution in [0.3, 0.4) is 0 Å². The van der Waals surface area contributed by atoms with E-state index in [0.717, 1.165) is 23.5 Å². The van der Waals surface area contributed by atoms with Gasteiger partial charge in [-0.1, -0.05) is 0 Å². The Labute approximate surface area is 134 Å². The van der Waals surface area contributed by atoms with Crippen LogP contribution in [0, 0.1) is 11.6 Å². The molecule has 0 unspecified atom stereocenters. The second-order valence-electron chi connectivity index (χ2n) is 5.29. The van der Waals surface area contributed by atoms with E-state index < -0.39 is 11.6 Å². The van der Waals surface area contributed by atoms with Crippen molar-refractivity contribution in [3.63, 3.8) is 0 Å². The Kier molecular flexibility index (Phi) is 5.51. The van der Waals surface area contributed by atoms with E-state index in [1.54, 1.807) is 0 Å². The Morgan fingerprint density at radius 3 is 2.39 bits per heavy atom. The van der Waals surface area contributed by atoms with Gasteiger partial charge < -0.3 is 15.5 Å². The molecule has 0 radical (unpaired) electrons. The number of nitrogens with one attached hydrogen (secondary N) is 2. The van der Waals surface area contributed by atoms with Crippen molar-refractivity contribution in [3.8, 4) is 0 Å². The van der Waals surface area contributed by atoms with Gasteiger partial charge in [0.1, 0.15) is 11.6 Å². The minimum atomic E-state index is -0.786.